The first kappa shape index (κ1) is 14.5. The Hall–Kier alpha value is -1.39. The van der Waals surface area contributed by atoms with Crippen molar-refractivity contribution in [3.8, 4) is 0 Å². The first-order valence-corrected chi connectivity index (χ1v) is 7.57. The SMILES string of the molecule is COC(=O)[C@@H]1C2C[C@H](O)[C@H](C[C@@H]1c1ccc(C)cc1)N2C. The van der Waals surface area contributed by atoms with Crippen LogP contribution >= 0.6 is 0 Å². The number of piperidine rings is 1. The highest BCUT2D eigenvalue weighted by Crippen LogP contribution is 2.46. The molecular formula is C17H23NO3. The molecule has 21 heavy (non-hydrogen) atoms. The van der Waals surface area contributed by atoms with Crippen molar-refractivity contribution in [2.75, 3.05) is 14.2 Å². The molecule has 2 aliphatic heterocycles. The molecule has 1 aromatic rings. The molecule has 2 fully saturated rings. The lowest BCUT2D eigenvalue weighted by molar-refractivity contribution is -0.150. The van der Waals surface area contributed by atoms with Gasteiger partial charge in [-0.3, -0.25) is 9.69 Å². The Kier molecular flexibility index (Phi) is 3.76. The number of likely N-dealkylation sites (N-methyl/N-ethyl adjacent to an activating group) is 1. The van der Waals surface area contributed by atoms with Gasteiger partial charge in [0.1, 0.15) is 0 Å². The molecule has 0 amide bonds. The van der Waals surface area contributed by atoms with Crippen molar-refractivity contribution >= 4 is 5.97 Å². The predicted octanol–water partition coefficient (Wildman–Crippen LogP) is 1.71. The fraction of sp³-hybridized carbons (Fsp3) is 0.588. The molecule has 4 nitrogen and oxygen atoms in total. The summed E-state index contributed by atoms with van der Waals surface area (Å²) >= 11 is 0. The van der Waals surface area contributed by atoms with Crippen LogP contribution in [0.2, 0.25) is 0 Å². The third-order valence-electron chi connectivity index (χ3n) is 5.30. The Morgan fingerprint density at radius 1 is 1.24 bits per heavy atom. The second kappa shape index (κ2) is 5.43. The predicted molar refractivity (Wildman–Crippen MR) is 80.0 cm³/mol. The number of carbonyl (C=O) groups excluding carboxylic acids is 1. The summed E-state index contributed by atoms with van der Waals surface area (Å²) in [6.45, 7) is 2.06. The summed E-state index contributed by atoms with van der Waals surface area (Å²) in [6, 6.07) is 8.58. The lowest BCUT2D eigenvalue weighted by atomic mass is 9.76. The van der Waals surface area contributed by atoms with Crippen molar-refractivity contribution in [2.24, 2.45) is 5.92 Å². The van der Waals surface area contributed by atoms with Gasteiger partial charge < -0.3 is 9.84 Å². The van der Waals surface area contributed by atoms with Crippen LogP contribution < -0.4 is 0 Å². The normalized spacial score (nSPS) is 35.7. The maximum atomic E-state index is 12.3. The molecule has 5 atom stereocenters. The van der Waals surface area contributed by atoms with Gasteiger partial charge >= 0.3 is 5.97 Å². The Morgan fingerprint density at radius 3 is 2.52 bits per heavy atom. The van der Waals surface area contributed by atoms with E-state index in [9.17, 15) is 9.90 Å². The molecule has 3 rings (SSSR count). The second-order valence-electron chi connectivity index (χ2n) is 6.41. The van der Waals surface area contributed by atoms with Gasteiger partial charge in [0.05, 0.1) is 19.1 Å². The highest BCUT2D eigenvalue weighted by Gasteiger charge is 2.53. The molecule has 2 bridgehead atoms. The van der Waals surface area contributed by atoms with Gasteiger partial charge in [0.25, 0.3) is 0 Å². The van der Waals surface area contributed by atoms with Gasteiger partial charge in [-0.2, -0.15) is 0 Å². The van der Waals surface area contributed by atoms with E-state index in [1.54, 1.807) is 0 Å². The molecule has 114 valence electrons. The molecule has 2 saturated heterocycles. The van der Waals surface area contributed by atoms with E-state index in [0.29, 0.717) is 6.42 Å². The van der Waals surface area contributed by atoms with E-state index in [1.165, 1.54) is 18.2 Å². The second-order valence-corrected chi connectivity index (χ2v) is 6.41. The van der Waals surface area contributed by atoms with Crippen LogP contribution in [0.4, 0.5) is 0 Å². The number of methoxy groups -OCH3 is 1. The molecule has 0 radical (unpaired) electrons. The molecule has 0 saturated carbocycles. The molecule has 1 N–H and O–H groups in total. The largest absolute Gasteiger partial charge is 0.469 e. The number of fused-ring (bicyclic) bond motifs is 2. The van der Waals surface area contributed by atoms with Crippen LogP contribution in [0.15, 0.2) is 24.3 Å². The minimum Gasteiger partial charge on any atom is -0.469 e. The van der Waals surface area contributed by atoms with E-state index in [-0.39, 0.29) is 36.0 Å². The highest BCUT2D eigenvalue weighted by molar-refractivity contribution is 5.75. The summed E-state index contributed by atoms with van der Waals surface area (Å²) < 4.78 is 5.05. The van der Waals surface area contributed by atoms with E-state index in [1.807, 2.05) is 7.05 Å². The van der Waals surface area contributed by atoms with Crippen LogP contribution in [0.25, 0.3) is 0 Å². The molecule has 4 heteroatoms. The average Bonchev–Trinajstić information content (AvgIpc) is 2.66. The minimum absolute atomic E-state index is 0.0671. The third-order valence-corrected chi connectivity index (χ3v) is 5.30. The smallest absolute Gasteiger partial charge is 0.310 e. The van der Waals surface area contributed by atoms with Crippen LogP contribution in [-0.2, 0) is 9.53 Å². The van der Waals surface area contributed by atoms with Gasteiger partial charge in [0.15, 0.2) is 0 Å². The summed E-state index contributed by atoms with van der Waals surface area (Å²) in [5.74, 6) is -0.234. The first-order valence-electron chi connectivity index (χ1n) is 7.57. The van der Waals surface area contributed by atoms with E-state index in [2.05, 4.69) is 36.1 Å². The highest BCUT2D eigenvalue weighted by atomic mass is 16.5. The molecule has 2 heterocycles. The van der Waals surface area contributed by atoms with Crippen LogP contribution in [-0.4, -0.2) is 48.3 Å². The number of rotatable bonds is 2. The number of hydrogen-bond donors (Lipinski definition) is 1. The third kappa shape index (κ3) is 2.36. The molecule has 0 aliphatic carbocycles. The number of hydrogen-bond acceptors (Lipinski definition) is 4. The zero-order valence-corrected chi connectivity index (χ0v) is 12.8. The number of aryl methyl sites for hydroxylation is 1. The zero-order valence-electron chi connectivity index (χ0n) is 12.8. The maximum absolute atomic E-state index is 12.3. The fourth-order valence-electron chi connectivity index (χ4n) is 4.10. The average molecular weight is 289 g/mol. The number of esters is 1. The van der Waals surface area contributed by atoms with Gasteiger partial charge in [-0.15, -0.1) is 0 Å². The van der Waals surface area contributed by atoms with Crippen molar-refractivity contribution in [1.29, 1.82) is 0 Å². The fourth-order valence-corrected chi connectivity index (χ4v) is 4.10. The van der Waals surface area contributed by atoms with Crippen molar-refractivity contribution in [1.82, 2.24) is 4.90 Å². The number of benzene rings is 1. The van der Waals surface area contributed by atoms with E-state index >= 15 is 0 Å². The van der Waals surface area contributed by atoms with Crippen LogP contribution in [0.5, 0.6) is 0 Å². The summed E-state index contributed by atoms with van der Waals surface area (Å²) in [5, 5.41) is 10.3. The van der Waals surface area contributed by atoms with Gasteiger partial charge in [-0.1, -0.05) is 29.8 Å². The Labute approximate surface area is 125 Å². The lowest BCUT2D eigenvalue weighted by Gasteiger charge is -2.41. The van der Waals surface area contributed by atoms with E-state index < -0.39 is 0 Å². The van der Waals surface area contributed by atoms with Crippen molar-refractivity contribution in [3.63, 3.8) is 0 Å². The maximum Gasteiger partial charge on any atom is 0.310 e. The van der Waals surface area contributed by atoms with Crippen molar-refractivity contribution in [3.05, 3.63) is 35.4 Å². The van der Waals surface area contributed by atoms with Gasteiger partial charge in [0, 0.05) is 18.0 Å². The Balaban J connectivity index is 1.97. The number of aliphatic hydroxyl groups is 1. The minimum atomic E-state index is -0.345. The van der Waals surface area contributed by atoms with E-state index in [4.69, 9.17) is 4.74 Å². The summed E-state index contributed by atoms with van der Waals surface area (Å²) in [5.41, 5.74) is 2.39. The van der Waals surface area contributed by atoms with Crippen LogP contribution in [0.3, 0.4) is 0 Å². The van der Waals surface area contributed by atoms with Crippen LogP contribution in [0, 0.1) is 12.8 Å². The molecule has 1 aromatic carbocycles. The number of ether oxygens (including phenoxy) is 1. The van der Waals surface area contributed by atoms with Gasteiger partial charge in [-0.25, -0.2) is 0 Å². The Bertz CT molecular complexity index is 527. The van der Waals surface area contributed by atoms with Crippen molar-refractivity contribution < 1.29 is 14.6 Å². The number of carbonyl (C=O) groups is 1. The summed E-state index contributed by atoms with van der Waals surface area (Å²) in [7, 11) is 3.46. The number of aliphatic hydroxyl groups excluding tert-OH is 1. The zero-order chi connectivity index (χ0) is 15.1. The first-order chi connectivity index (χ1) is 10.0. The van der Waals surface area contributed by atoms with Crippen molar-refractivity contribution in [2.45, 2.75) is 43.9 Å². The van der Waals surface area contributed by atoms with E-state index in [0.717, 1.165) is 6.42 Å². The van der Waals surface area contributed by atoms with Gasteiger partial charge in [-0.05, 0) is 32.4 Å². The Morgan fingerprint density at radius 2 is 1.90 bits per heavy atom. The molecule has 2 aliphatic rings. The summed E-state index contributed by atoms with van der Waals surface area (Å²) in [6.07, 6.45) is 1.11. The standard InChI is InChI=1S/C17H23NO3/c1-10-4-6-11(7-5-10)12-8-13-15(19)9-14(18(13)2)16(12)17(20)21-3/h4-7,12-16,19H,8-9H2,1-3H3/t12-,13+,14?,15+,16+/m1/s1. The summed E-state index contributed by atoms with van der Waals surface area (Å²) in [4.78, 5) is 14.5. The number of nitrogens with zero attached hydrogens (tertiary/aromatic N) is 1. The molecular weight excluding hydrogens is 266 g/mol. The molecule has 0 aromatic heterocycles. The van der Waals surface area contributed by atoms with Gasteiger partial charge in [0.2, 0.25) is 0 Å². The molecule has 1 unspecified atom stereocenters. The molecule has 0 spiro atoms. The quantitative estimate of drug-likeness (QED) is 0.842. The van der Waals surface area contributed by atoms with Crippen LogP contribution in [0.1, 0.15) is 29.9 Å². The lowest BCUT2D eigenvalue weighted by Crippen LogP contribution is -2.49. The topological polar surface area (TPSA) is 49.8 Å². The monoisotopic (exact) mass is 289 g/mol.